The minimum absolute atomic E-state index is 0.306. The van der Waals surface area contributed by atoms with Gasteiger partial charge in [0.2, 0.25) is 0 Å². The molecule has 0 aromatic heterocycles. The molecule has 6 heteroatoms. The van der Waals surface area contributed by atoms with E-state index in [-0.39, 0.29) is 5.97 Å². The Labute approximate surface area is 124 Å². The highest BCUT2D eigenvalue weighted by Gasteiger charge is 2.43. The summed E-state index contributed by atoms with van der Waals surface area (Å²) in [6.45, 7) is 2.44. The van der Waals surface area contributed by atoms with Crippen LogP contribution in [0.5, 0.6) is 0 Å². The number of rotatable bonds is 2. The van der Waals surface area contributed by atoms with Gasteiger partial charge >= 0.3 is 5.97 Å². The first kappa shape index (κ1) is 13.3. The number of nitrogens with zero attached hydrogens (tertiary/aromatic N) is 1. The van der Waals surface area contributed by atoms with Crippen LogP contribution in [0.1, 0.15) is 35.2 Å². The number of hydrogen-bond acceptors (Lipinski definition) is 4. The van der Waals surface area contributed by atoms with Crippen molar-refractivity contribution in [3.63, 3.8) is 0 Å². The third kappa shape index (κ3) is 1.78. The van der Waals surface area contributed by atoms with Gasteiger partial charge in [-0.25, -0.2) is 0 Å². The summed E-state index contributed by atoms with van der Waals surface area (Å²) in [5.74, 6) is -1.75. The molecule has 0 radical (unpaired) electrons. The number of hydrogen-bond donors (Lipinski definition) is 0. The van der Waals surface area contributed by atoms with E-state index in [0.29, 0.717) is 40.9 Å². The van der Waals surface area contributed by atoms with Crippen molar-refractivity contribution >= 4 is 39.3 Å². The smallest absolute Gasteiger partial charge is 0.313 e. The van der Waals surface area contributed by atoms with E-state index in [2.05, 4.69) is 15.9 Å². The van der Waals surface area contributed by atoms with Gasteiger partial charge in [-0.3, -0.25) is 14.4 Å². The van der Waals surface area contributed by atoms with Crippen LogP contribution in [0.25, 0.3) is 0 Å². The molecule has 0 bridgehead atoms. The lowest BCUT2D eigenvalue weighted by Gasteiger charge is -2.30. The van der Waals surface area contributed by atoms with Crippen molar-refractivity contribution in [2.45, 2.75) is 19.3 Å². The molecule has 2 heterocycles. The van der Waals surface area contributed by atoms with Crippen LogP contribution >= 0.6 is 15.9 Å². The third-order valence-corrected chi connectivity index (χ3v) is 4.10. The van der Waals surface area contributed by atoms with E-state index < -0.39 is 17.6 Å². The first-order valence-corrected chi connectivity index (χ1v) is 7.20. The van der Waals surface area contributed by atoms with Crippen molar-refractivity contribution in [1.82, 2.24) is 0 Å². The minimum Gasteiger partial charge on any atom is -0.466 e. The predicted octanol–water partition coefficient (Wildman–Crippen LogP) is 2.03. The van der Waals surface area contributed by atoms with E-state index in [4.69, 9.17) is 4.74 Å². The second kappa shape index (κ2) is 4.70. The van der Waals surface area contributed by atoms with Gasteiger partial charge in [-0.2, -0.15) is 0 Å². The highest BCUT2D eigenvalue weighted by atomic mass is 79.9. The van der Waals surface area contributed by atoms with Crippen molar-refractivity contribution in [2.24, 2.45) is 0 Å². The maximum absolute atomic E-state index is 12.0. The average molecular weight is 338 g/mol. The summed E-state index contributed by atoms with van der Waals surface area (Å²) in [5, 5.41) is 0. The normalized spacial score (nSPS) is 20.1. The number of carbonyl (C=O) groups excluding carboxylic acids is 3. The predicted molar refractivity (Wildman–Crippen MR) is 74.8 cm³/mol. The summed E-state index contributed by atoms with van der Waals surface area (Å²) in [7, 11) is 0. The van der Waals surface area contributed by atoms with E-state index in [0.717, 1.165) is 0 Å². The second-order valence-corrected chi connectivity index (χ2v) is 5.69. The first-order chi connectivity index (χ1) is 9.54. The highest BCUT2D eigenvalue weighted by Crippen LogP contribution is 2.43. The van der Waals surface area contributed by atoms with Gasteiger partial charge in [-0.15, -0.1) is 0 Å². The summed E-state index contributed by atoms with van der Waals surface area (Å²) < 4.78 is 5.77. The zero-order chi connectivity index (χ0) is 14.4. The van der Waals surface area contributed by atoms with Gasteiger partial charge < -0.3 is 9.64 Å². The molecule has 0 fully saturated rings. The highest BCUT2D eigenvalue weighted by molar-refractivity contribution is 9.10. The third-order valence-electron chi connectivity index (χ3n) is 3.65. The van der Waals surface area contributed by atoms with Crippen LogP contribution in [-0.2, 0) is 14.3 Å². The lowest BCUT2D eigenvalue weighted by Crippen LogP contribution is -2.36. The number of ether oxygens (including phenoxy) is 1. The van der Waals surface area contributed by atoms with E-state index in [1.54, 1.807) is 19.1 Å². The van der Waals surface area contributed by atoms with E-state index in [9.17, 15) is 14.4 Å². The lowest BCUT2D eigenvalue weighted by molar-refractivity contribution is -0.145. The fourth-order valence-corrected chi connectivity index (χ4v) is 3.29. The Morgan fingerprint density at radius 3 is 2.90 bits per heavy atom. The quantitative estimate of drug-likeness (QED) is 0.611. The maximum atomic E-state index is 12.0. The summed E-state index contributed by atoms with van der Waals surface area (Å²) >= 11 is 3.33. The molecule has 20 heavy (non-hydrogen) atoms. The van der Waals surface area contributed by atoms with Crippen molar-refractivity contribution in [2.75, 3.05) is 18.1 Å². The lowest BCUT2D eigenvalue weighted by atomic mass is 9.89. The summed E-state index contributed by atoms with van der Waals surface area (Å²) in [6.07, 6.45) is 0.473. The fraction of sp³-hybridized carbons (Fsp3) is 0.357. The number of anilines is 1. The molecule has 3 rings (SSSR count). The molecule has 2 aliphatic rings. The van der Waals surface area contributed by atoms with Gasteiger partial charge in [0.15, 0.2) is 0 Å². The Bertz CT molecular complexity index is 640. The largest absolute Gasteiger partial charge is 0.466 e. The van der Waals surface area contributed by atoms with Crippen LogP contribution in [0.4, 0.5) is 5.69 Å². The van der Waals surface area contributed by atoms with Crippen LogP contribution in [-0.4, -0.2) is 30.8 Å². The number of benzene rings is 1. The van der Waals surface area contributed by atoms with Crippen molar-refractivity contribution < 1.29 is 19.1 Å². The Kier molecular flexibility index (Phi) is 3.12. The molecule has 0 saturated carbocycles. The number of halogens is 1. The van der Waals surface area contributed by atoms with Gasteiger partial charge in [0.25, 0.3) is 11.7 Å². The summed E-state index contributed by atoms with van der Waals surface area (Å²) in [4.78, 5) is 37.4. The van der Waals surface area contributed by atoms with E-state index >= 15 is 0 Å². The zero-order valence-electron chi connectivity index (χ0n) is 10.8. The molecule has 104 valence electrons. The number of carbonyl (C=O) groups is 3. The SMILES string of the molecule is CCOC(=O)C1CCN2C(=O)C(=O)c3cc(Br)cc1c32. The van der Waals surface area contributed by atoms with Gasteiger partial charge in [-0.05, 0) is 31.0 Å². The summed E-state index contributed by atoms with van der Waals surface area (Å²) in [5.41, 5.74) is 1.64. The minimum atomic E-state index is -0.512. The van der Waals surface area contributed by atoms with Crippen LogP contribution in [0, 0.1) is 0 Å². The molecule has 0 spiro atoms. The summed E-state index contributed by atoms with van der Waals surface area (Å²) in [6, 6.07) is 3.42. The zero-order valence-corrected chi connectivity index (χ0v) is 12.4. The standard InChI is InChI=1S/C14H12BrNO4/c1-2-20-14(19)8-3-4-16-11-9(8)5-7(15)6-10(11)12(17)13(16)18/h5-6,8H,2-4H2,1H3. The number of ketones is 1. The van der Waals surface area contributed by atoms with Crippen LogP contribution < -0.4 is 4.90 Å². The first-order valence-electron chi connectivity index (χ1n) is 6.41. The molecule has 1 aromatic rings. The average Bonchev–Trinajstić information content (AvgIpc) is 2.65. The van der Waals surface area contributed by atoms with Crippen LogP contribution in [0.15, 0.2) is 16.6 Å². The number of Topliss-reactive ketones (excluding diaryl/α,β-unsaturated/α-hetero) is 1. The maximum Gasteiger partial charge on any atom is 0.313 e. The molecule has 1 aromatic carbocycles. The molecule has 1 atom stereocenters. The molecule has 0 N–H and O–H groups in total. The van der Waals surface area contributed by atoms with Crippen LogP contribution in [0.3, 0.4) is 0 Å². The molecule has 5 nitrogen and oxygen atoms in total. The monoisotopic (exact) mass is 337 g/mol. The van der Waals surface area contributed by atoms with Crippen molar-refractivity contribution in [3.05, 3.63) is 27.7 Å². The van der Waals surface area contributed by atoms with E-state index in [1.165, 1.54) is 4.90 Å². The van der Waals surface area contributed by atoms with Crippen LogP contribution in [0.2, 0.25) is 0 Å². The van der Waals surface area contributed by atoms with Gasteiger partial charge in [-0.1, -0.05) is 15.9 Å². The Morgan fingerprint density at radius 2 is 2.20 bits per heavy atom. The number of amides is 1. The van der Waals surface area contributed by atoms with Crippen molar-refractivity contribution in [3.8, 4) is 0 Å². The topological polar surface area (TPSA) is 63.7 Å². The Balaban J connectivity index is 2.15. The molecular weight excluding hydrogens is 326 g/mol. The number of esters is 1. The molecule has 1 amide bonds. The molecular formula is C14H12BrNO4. The van der Waals surface area contributed by atoms with Gasteiger partial charge in [0.05, 0.1) is 23.8 Å². The van der Waals surface area contributed by atoms with E-state index in [1.807, 2.05) is 0 Å². The van der Waals surface area contributed by atoms with Gasteiger partial charge in [0, 0.05) is 11.0 Å². The Morgan fingerprint density at radius 1 is 1.45 bits per heavy atom. The second-order valence-electron chi connectivity index (χ2n) is 4.77. The van der Waals surface area contributed by atoms with Gasteiger partial charge in [0.1, 0.15) is 0 Å². The van der Waals surface area contributed by atoms with Crippen molar-refractivity contribution in [1.29, 1.82) is 0 Å². The molecule has 0 aliphatic carbocycles. The molecule has 0 saturated heterocycles. The molecule has 2 aliphatic heterocycles. The fourth-order valence-electron chi connectivity index (χ4n) is 2.81. The Hall–Kier alpha value is -1.69. The molecule has 1 unspecified atom stereocenters.